The molecular formula is C10H10ClFN2O4. The summed E-state index contributed by atoms with van der Waals surface area (Å²) in [4.78, 5) is 21.9. The normalized spacial score (nSPS) is 10.2. The number of likely N-dealkylation sites (N-methyl/N-ethyl adjacent to an activating group) is 1. The number of carboxylic acid groups (broad SMARTS) is 1. The lowest BCUT2D eigenvalue weighted by molar-refractivity contribution is -0.384. The van der Waals surface area contributed by atoms with Crippen LogP contribution in [0.25, 0.3) is 0 Å². The average Bonchev–Trinajstić information content (AvgIpc) is 2.28. The fraction of sp³-hybridized carbons (Fsp3) is 0.300. The number of hydrogen-bond donors (Lipinski definition) is 1. The van der Waals surface area contributed by atoms with Crippen LogP contribution in [-0.2, 0) is 4.79 Å². The van der Waals surface area contributed by atoms with Gasteiger partial charge >= 0.3 is 5.97 Å². The van der Waals surface area contributed by atoms with E-state index in [1.807, 2.05) is 0 Å². The van der Waals surface area contributed by atoms with Crippen LogP contribution in [-0.4, -0.2) is 29.1 Å². The number of anilines is 1. The molecule has 0 bridgehead atoms. The molecule has 0 atom stereocenters. The first-order chi connectivity index (χ1) is 8.36. The van der Waals surface area contributed by atoms with E-state index in [1.165, 1.54) is 4.90 Å². The van der Waals surface area contributed by atoms with E-state index in [9.17, 15) is 19.3 Å². The molecule has 1 aromatic carbocycles. The molecule has 0 aromatic heterocycles. The fourth-order valence-corrected chi connectivity index (χ4v) is 1.61. The molecule has 1 N–H and O–H groups in total. The topological polar surface area (TPSA) is 83.7 Å². The minimum absolute atomic E-state index is 0.105. The van der Waals surface area contributed by atoms with E-state index < -0.39 is 28.9 Å². The number of rotatable bonds is 5. The summed E-state index contributed by atoms with van der Waals surface area (Å²) in [5, 5.41) is 19.2. The Morgan fingerprint density at radius 1 is 1.61 bits per heavy atom. The molecule has 0 fully saturated rings. The highest BCUT2D eigenvalue weighted by molar-refractivity contribution is 6.31. The Morgan fingerprint density at radius 2 is 2.22 bits per heavy atom. The fourth-order valence-electron chi connectivity index (χ4n) is 1.46. The molecule has 1 rings (SSSR count). The predicted octanol–water partition coefficient (Wildman–Crippen LogP) is 2.30. The number of nitrogens with zero attached hydrogens (tertiary/aromatic N) is 2. The molecule has 0 spiro atoms. The van der Waals surface area contributed by atoms with Gasteiger partial charge in [-0.3, -0.25) is 14.9 Å². The zero-order chi connectivity index (χ0) is 13.9. The predicted molar refractivity (Wildman–Crippen MR) is 63.6 cm³/mol. The van der Waals surface area contributed by atoms with E-state index in [-0.39, 0.29) is 17.3 Å². The van der Waals surface area contributed by atoms with Crippen LogP contribution < -0.4 is 4.90 Å². The van der Waals surface area contributed by atoms with Crippen molar-refractivity contribution < 1.29 is 19.2 Å². The summed E-state index contributed by atoms with van der Waals surface area (Å²) in [6.45, 7) is 1.34. The second kappa shape index (κ2) is 5.63. The van der Waals surface area contributed by atoms with Crippen molar-refractivity contribution in [2.75, 3.05) is 18.0 Å². The van der Waals surface area contributed by atoms with Gasteiger partial charge in [0.2, 0.25) is 0 Å². The molecule has 0 aliphatic rings. The molecule has 0 saturated carbocycles. The zero-order valence-electron chi connectivity index (χ0n) is 9.39. The van der Waals surface area contributed by atoms with Gasteiger partial charge in [0.05, 0.1) is 9.95 Å². The van der Waals surface area contributed by atoms with Crippen molar-refractivity contribution >= 4 is 28.9 Å². The molecule has 0 aliphatic carbocycles. The van der Waals surface area contributed by atoms with E-state index in [1.54, 1.807) is 6.92 Å². The number of aliphatic carboxylic acids is 1. The largest absolute Gasteiger partial charge is 0.480 e. The third-order valence-electron chi connectivity index (χ3n) is 2.26. The summed E-state index contributed by atoms with van der Waals surface area (Å²) in [5.41, 5.74) is -0.531. The molecular weight excluding hydrogens is 267 g/mol. The minimum atomic E-state index is -1.17. The summed E-state index contributed by atoms with van der Waals surface area (Å²) < 4.78 is 13.3. The smallest absolute Gasteiger partial charge is 0.323 e. The van der Waals surface area contributed by atoms with Gasteiger partial charge in [-0.05, 0) is 6.92 Å². The lowest BCUT2D eigenvalue weighted by atomic mass is 10.2. The summed E-state index contributed by atoms with van der Waals surface area (Å²) in [7, 11) is 0. The van der Waals surface area contributed by atoms with Crippen LogP contribution in [0.4, 0.5) is 15.8 Å². The van der Waals surface area contributed by atoms with Gasteiger partial charge in [-0.15, -0.1) is 0 Å². The van der Waals surface area contributed by atoms with Crippen LogP contribution in [0.1, 0.15) is 6.92 Å². The van der Waals surface area contributed by atoms with Crippen LogP contribution in [0, 0.1) is 15.9 Å². The molecule has 0 unspecified atom stereocenters. The molecule has 0 amide bonds. The van der Waals surface area contributed by atoms with Crippen molar-refractivity contribution in [2.45, 2.75) is 6.92 Å². The number of nitro benzene ring substituents is 1. The maximum atomic E-state index is 13.3. The van der Waals surface area contributed by atoms with Crippen molar-refractivity contribution in [3.05, 3.63) is 33.1 Å². The second-order valence-electron chi connectivity index (χ2n) is 3.42. The monoisotopic (exact) mass is 276 g/mol. The Labute approximate surface area is 107 Å². The van der Waals surface area contributed by atoms with E-state index in [2.05, 4.69) is 0 Å². The van der Waals surface area contributed by atoms with Gasteiger partial charge in [0.1, 0.15) is 18.0 Å². The molecule has 18 heavy (non-hydrogen) atoms. The standard InChI is InChI=1S/C10H10ClFN2O4/c1-2-13(5-10(15)16)8-4-7(12)6(11)3-9(8)14(17)18/h3-4H,2,5H2,1H3,(H,15,16). The summed E-state index contributed by atoms with van der Waals surface area (Å²) >= 11 is 5.47. The number of nitro groups is 1. The quantitative estimate of drug-likeness (QED) is 0.659. The van der Waals surface area contributed by atoms with Gasteiger partial charge in [0.15, 0.2) is 0 Å². The number of carboxylic acids is 1. The number of carbonyl (C=O) groups is 1. The first-order valence-corrected chi connectivity index (χ1v) is 5.34. The highest BCUT2D eigenvalue weighted by Gasteiger charge is 2.23. The highest BCUT2D eigenvalue weighted by Crippen LogP contribution is 2.32. The van der Waals surface area contributed by atoms with E-state index in [0.29, 0.717) is 0 Å². The Morgan fingerprint density at radius 3 is 2.67 bits per heavy atom. The number of hydrogen-bond acceptors (Lipinski definition) is 4. The Bertz CT molecular complexity index is 495. The van der Waals surface area contributed by atoms with Gasteiger partial charge in [-0.1, -0.05) is 11.6 Å². The van der Waals surface area contributed by atoms with Crippen molar-refractivity contribution in [1.82, 2.24) is 0 Å². The lowest BCUT2D eigenvalue weighted by Crippen LogP contribution is -2.30. The Hall–Kier alpha value is -1.89. The molecule has 0 saturated heterocycles. The Kier molecular flexibility index (Phi) is 4.43. The zero-order valence-corrected chi connectivity index (χ0v) is 10.1. The van der Waals surface area contributed by atoms with E-state index >= 15 is 0 Å². The Balaban J connectivity index is 3.31. The van der Waals surface area contributed by atoms with Gasteiger partial charge in [0, 0.05) is 18.7 Å². The van der Waals surface area contributed by atoms with Crippen LogP contribution in [0.3, 0.4) is 0 Å². The van der Waals surface area contributed by atoms with Crippen LogP contribution in [0.15, 0.2) is 12.1 Å². The molecule has 8 heteroatoms. The molecule has 1 aromatic rings. The van der Waals surface area contributed by atoms with Gasteiger partial charge < -0.3 is 10.0 Å². The minimum Gasteiger partial charge on any atom is -0.480 e. The van der Waals surface area contributed by atoms with Crippen LogP contribution >= 0.6 is 11.6 Å². The first-order valence-electron chi connectivity index (χ1n) is 4.97. The van der Waals surface area contributed by atoms with Gasteiger partial charge in [-0.25, -0.2) is 4.39 Å². The molecule has 6 nitrogen and oxygen atoms in total. The lowest BCUT2D eigenvalue weighted by Gasteiger charge is -2.20. The first kappa shape index (κ1) is 14.2. The SMILES string of the molecule is CCN(CC(=O)O)c1cc(F)c(Cl)cc1[N+](=O)[O-]. The summed E-state index contributed by atoms with van der Waals surface area (Å²) in [6, 6.07) is 1.74. The molecule has 0 heterocycles. The average molecular weight is 277 g/mol. The van der Waals surface area contributed by atoms with Crippen LogP contribution in [0.2, 0.25) is 5.02 Å². The van der Waals surface area contributed by atoms with Gasteiger partial charge in [0.25, 0.3) is 5.69 Å². The van der Waals surface area contributed by atoms with Crippen molar-refractivity contribution in [1.29, 1.82) is 0 Å². The van der Waals surface area contributed by atoms with Crippen molar-refractivity contribution in [3.8, 4) is 0 Å². The third-order valence-corrected chi connectivity index (χ3v) is 2.55. The van der Waals surface area contributed by atoms with Gasteiger partial charge in [-0.2, -0.15) is 0 Å². The maximum Gasteiger partial charge on any atom is 0.323 e. The van der Waals surface area contributed by atoms with E-state index in [4.69, 9.17) is 16.7 Å². The van der Waals surface area contributed by atoms with Crippen LogP contribution in [0.5, 0.6) is 0 Å². The summed E-state index contributed by atoms with van der Waals surface area (Å²) in [6.07, 6.45) is 0. The second-order valence-corrected chi connectivity index (χ2v) is 3.83. The molecule has 0 radical (unpaired) electrons. The van der Waals surface area contributed by atoms with Crippen molar-refractivity contribution in [2.24, 2.45) is 0 Å². The highest BCUT2D eigenvalue weighted by atomic mass is 35.5. The number of benzene rings is 1. The molecule has 98 valence electrons. The molecule has 0 aliphatic heterocycles. The maximum absolute atomic E-state index is 13.3. The summed E-state index contributed by atoms with van der Waals surface area (Å²) in [5.74, 6) is -2.00. The number of halogens is 2. The van der Waals surface area contributed by atoms with Crippen molar-refractivity contribution in [3.63, 3.8) is 0 Å². The van der Waals surface area contributed by atoms with E-state index in [0.717, 1.165) is 12.1 Å². The third kappa shape index (κ3) is 3.07.